The van der Waals surface area contributed by atoms with Gasteiger partial charge in [-0.05, 0) is 30.4 Å². The normalized spacial score (nSPS) is 24.8. The summed E-state index contributed by atoms with van der Waals surface area (Å²) in [5.74, 6) is 0.815. The summed E-state index contributed by atoms with van der Waals surface area (Å²) in [7, 11) is 0. The highest BCUT2D eigenvalue weighted by Gasteiger charge is 2.16. The molecule has 1 nitrogen and oxygen atoms in total. The van der Waals surface area contributed by atoms with Crippen LogP contribution in [0.25, 0.3) is 0 Å². The average Bonchev–Trinajstić information content (AvgIpc) is 2.48. The number of allylic oxidation sites excluding steroid dienone is 2. The third kappa shape index (κ3) is 1.71. The average molecular weight is 162 g/mol. The lowest BCUT2D eigenvalue weighted by Crippen LogP contribution is -2.00. The number of rotatable bonds is 1. The molecule has 1 aliphatic heterocycles. The molecule has 1 heterocycles. The van der Waals surface area contributed by atoms with Crippen LogP contribution in [0.2, 0.25) is 0 Å². The summed E-state index contributed by atoms with van der Waals surface area (Å²) in [6, 6.07) is 0. The van der Waals surface area contributed by atoms with Crippen molar-refractivity contribution in [2.45, 2.75) is 38.5 Å². The van der Waals surface area contributed by atoms with Crippen molar-refractivity contribution in [3.63, 3.8) is 0 Å². The van der Waals surface area contributed by atoms with Gasteiger partial charge in [-0.25, -0.2) is 0 Å². The molecule has 0 aromatic rings. The third-order valence-electron chi connectivity index (χ3n) is 2.90. The maximum absolute atomic E-state index is 4.13. The molecule has 2 aliphatic rings. The van der Waals surface area contributed by atoms with E-state index < -0.39 is 0 Å². The smallest absolute Gasteiger partial charge is 0.0303 e. The van der Waals surface area contributed by atoms with Gasteiger partial charge < -0.3 is 0 Å². The third-order valence-corrected chi connectivity index (χ3v) is 2.90. The number of hydrogen-bond donors (Lipinski definition) is 0. The van der Waals surface area contributed by atoms with Gasteiger partial charge in [0.05, 0.1) is 0 Å². The lowest BCUT2D eigenvalue weighted by molar-refractivity contribution is 0.540. The molecular weight excluding hydrogens is 146 g/mol. The second kappa shape index (κ2) is 3.79. The molecule has 0 unspecified atom stereocenters. The molecule has 0 amide bonds. The van der Waals surface area contributed by atoms with Crippen molar-refractivity contribution in [1.82, 2.24) is 5.32 Å². The van der Waals surface area contributed by atoms with Gasteiger partial charge >= 0.3 is 0 Å². The minimum absolute atomic E-state index is 0.815. The van der Waals surface area contributed by atoms with Crippen LogP contribution in [0.1, 0.15) is 38.5 Å². The zero-order valence-corrected chi connectivity index (χ0v) is 7.50. The van der Waals surface area contributed by atoms with Crippen molar-refractivity contribution >= 4 is 0 Å². The molecule has 0 aromatic carbocycles. The van der Waals surface area contributed by atoms with Crippen LogP contribution in [0, 0.1) is 5.92 Å². The van der Waals surface area contributed by atoms with Gasteiger partial charge in [0, 0.05) is 12.4 Å². The molecular formula is C11H16N. The molecule has 0 saturated heterocycles. The second-order valence-corrected chi connectivity index (χ2v) is 3.78. The molecule has 1 heteroatoms. The van der Waals surface area contributed by atoms with Crippen LogP contribution in [0.5, 0.6) is 0 Å². The van der Waals surface area contributed by atoms with Gasteiger partial charge in [-0.1, -0.05) is 25.7 Å². The molecule has 1 aliphatic carbocycles. The highest BCUT2D eigenvalue weighted by molar-refractivity contribution is 5.26. The zero-order valence-electron chi connectivity index (χ0n) is 7.50. The van der Waals surface area contributed by atoms with Crippen LogP contribution in [0.4, 0.5) is 0 Å². The van der Waals surface area contributed by atoms with Gasteiger partial charge in [0.1, 0.15) is 0 Å². The van der Waals surface area contributed by atoms with E-state index in [1.165, 1.54) is 44.1 Å². The quantitative estimate of drug-likeness (QED) is 0.526. The van der Waals surface area contributed by atoms with Crippen molar-refractivity contribution in [2.24, 2.45) is 5.92 Å². The van der Waals surface area contributed by atoms with Crippen molar-refractivity contribution < 1.29 is 0 Å². The Bertz CT molecular complexity index is 195. The molecule has 0 bridgehead atoms. The van der Waals surface area contributed by atoms with E-state index in [2.05, 4.69) is 11.4 Å². The molecule has 1 saturated carbocycles. The van der Waals surface area contributed by atoms with Crippen LogP contribution in [0.3, 0.4) is 0 Å². The Morgan fingerprint density at radius 2 is 1.83 bits per heavy atom. The molecule has 0 N–H and O–H groups in total. The van der Waals surface area contributed by atoms with Crippen LogP contribution in [-0.2, 0) is 0 Å². The van der Waals surface area contributed by atoms with Crippen LogP contribution >= 0.6 is 0 Å². The fourth-order valence-corrected chi connectivity index (χ4v) is 2.16. The van der Waals surface area contributed by atoms with Gasteiger partial charge in [0.15, 0.2) is 0 Å². The Kier molecular flexibility index (Phi) is 2.50. The highest BCUT2D eigenvalue weighted by atomic mass is 14.8. The van der Waals surface area contributed by atoms with Gasteiger partial charge in [0.2, 0.25) is 0 Å². The first-order valence-corrected chi connectivity index (χ1v) is 5.03. The lowest BCUT2D eigenvalue weighted by atomic mass is 9.93. The SMILES string of the molecule is C1=CC(C2CCCCCC2)=C[N]1. The lowest BCUT2D eigenvalue weighted by Gasteiger charge is -2.12. The molecule has 1 radical (unpaired) electrons. The Hall–Kier alpha value is -0.720. The Morgan fingerprint density at radius 3 is 2.42 bits per heavy atom. The summed E-state index contributed by atoms with van der Waals surface area (Å²) in [5, 5.41) is 4.13. The van der Waals surface area contributed by atoms with Gasteiger partial charge in [0.25, 0.3) is 0 Å². The van der Waals surface area contributed by atoms with E-state index in [0.29, 0.717) is 0 Å². The summed E-state index contributed by atoms with van der Waals surface area (Å²) in [5.41, 5.74) is 1.47. The molecule has 65 valence electrons. The predicted octanol–water partition coefficient (Wildman–Crippen LogP) is 2.97. The Morgan fingerprint density at radius 1 is 1.08 bits per heavy atom. The minimum Gasteiger partial charge on any atom is -0.264 e. The fraction of sp³-hybridized carbons (Fsp3) is 0.636. The van der Waals surface area contributed by atoms with E-state index in [9.17, 15) is 0 Å². The van der Waals surface area contributed by atoms with E-state index in [1.807, 2.05) is 12.4 Å². The van der Waals surface area contributed by atoms with E-state index in [4.69, 9.17) is 0 Å². The second-order valence-electron chi connectivity index (χ2n) is 3.78. The molecule has 0 spiro atoms. The van der Waals surface area contributed by atoms with E-state index >= 15 is 0 Å². The van der Waals surface area contributed by atoms with Crippen molar-refractivity contribution in [3.05, 3.63) is 24.0 Å². The summed E-state index contributed by atoms with van der Waals surface area (Å²) in [6.45, 7) is 0. The first-order chi connectivity index (χ1) is 5.97. The van der Waals surface area contributed by atoms with Crippen LogP contribution in [-0.4, -0.2) is 0 Å². The maximum Gasteiger partial charge on any atom is 0.0303 e. The summed E-state index contributed by atoms with van der Waals surface area (Å²) < 4.78 is 0. The largest absolute Gasteiger partial charge is 0.264 e. The van der Waals surface area contributed by atoms with Gasteiger partial charge in [-0.2, -0.15) is 0 Å². The number of hydrogen-bond acceptors (Lipinski definition) is 0. The summed E-state index contributed by atoms with van der Waals surface area (Å²) in [4.78, 5) is 0. The molecule has 1 fully saturated rings. The standard InChI is InChI=1S/C11H16N/c1-2-4-6-10(5-3-1)11-7-8-12-9-11/h7-10H,1-6H2. The molecule has 0 atom stereocenters. The van der Waals surface area contributed by atoms with E-state index in [1.54, 1.807) is 0 Å². The van der Waals surface area contributed by atoms with E-state index in [-0.39, 0.29) is 0 Å². The van der Waals surface area contributed by atoms with Crippen molar-refractivity contribution in [2.75, 3.05) is 0 Å². The van der Waals surface area contributed by atoms with Gasteiger partial charge in [-0.3, -0.25) is 5.32 Å². The maximum atomic E-state index is 4.13. The van der Waals surface area contributed by atoms with E-state index in [0.717, 1.165) is 5.92 Å². The van der Waals surface area contributed by atoms with Crippen molar-refractivity contribution in [1.29, 1.82) is 0 Å². The molecule has 0 aromatic heterocycles. The topological polar surface area (TPSA) is 14.1 Å². The number of nitrogens with zero attached hydrogens (tertiary/aromatic N) is 1. The minimum atomic E-state index is 0.815. The zero-order chi connectivity index (χ0) is 8.23. The first-order valence-electron chi connectivity index (χ1n) is 5.03. The first kappa shape index (κ1) is 7.90. The Labute approximate surface area is 74.5 Å². The van der Waals surface area contributed by atoms with Crippen molar-refractivity contribution in [3.8, 4) is 0 Å². The van der Waals surface area contributed by atoms with Crippen LogP contribution < -0.4 is 5.32 Å². The summed E-state index contributed by atoms with van der Waals surface area (Å²) in [6.07, 6.45) is 14.6. The van der Waals surface area contributed by atoms with Crippen LogP contribution in [0.15, 0.2) is 24.0 Å². The molecule has 12 heavy (non-hydrogen) atoms. The highest BCUT2D eigenvalue weighted by Crippen LogP contribution is 2.30. The fourth-order valence-electron chi connectivity index (χ4n) is 2.16. The monoisotopic (exact) mass is 162 g/mol. The molecule has 2 rings (SSSR count). The van der Waals surface area contributed by atoms with Gasteiger partial charge in [-0.15, -0.1) is 0 Å². The predicted molar refractivity (Wildman–Crippen MR) is 50.5 cm³/mol. The summed E-state index contributed by atoms with van der Waals surface area (Å²) >= 11 is 0. The Balaban J connectivity index is 1.96.